The highest BCUT2D eigenvalue weighted by Gasteiger charge is 2.30. The van der Waals surface area contributed by atoms with E-state index in [0.717, 1.165) is 23.4 Å². The van der Waals surface area contributed by atoms with Crippen molar-refractivity contribution in [2.45, 2.75) is 45.9 Å². The maximum absolute atomic E-state index is 13.2. The fourth-order valence-electron chi connectivity index (χ4n) is 3.91. The lowest BCUT2D eigenvalue weighted by molar-refractivity contribution is -0.137. The van der Waals surface area contributed by atoms with E-state index in [2.05, 4.69) is 15.6 Å². The zero-order valence-corrected chi connectivity index (χ0v) is 24.3. The van der Waals surface area contributed by atoms with Crippen LogP contribution < -0.4 is 15.4 Å². The van der Waals surface area contributed by atoms with Gasteiger partial charge in [-0.3, -0.25) is 10.1 Å². The van der Waals surface area contributed by atoms with Crippen LogP contribution in [0.1, 0.15) is 48.0 Å². The molecule has 2 N–H and O–H groups in total. The largest absolute Gasteiger partial charge is 0.493 e. The van der Waals surface area contributed by atoms with Crippen LogP contribution >= 0.6 is 11.3 Å². The van der Waals surface area contributed by atoms with Gasteiger partial charge in [0.15, 0.2) is 5.13 Å². The third kappa shape index (κ3) is 8.56. The molecule has 4 aromatic rings. The summed E-state index contributed by atoms with van der Waals surface area (Å²) < 4.78 is 50.0. The van der Waals surface area contributed by atoms with Gasteiger partial charge in [-0.1, -0.05) is 29.8 Å². The van der Waals surface area contributed by atoms with Gasteiger partial charge in [-0.05, 0) is 81.3 Å². The van der Waals surface area contributed by atoms with Crippen molar-refractivity contribution in [1.82, 2.24) is 4.98 Å². The van der Waals surface area contributed by atoms with Crippen molar-refractivity contribution in [3.05, 3.63) is 94.5 Å². The molecule has 0 saturated carbocycles. The van der Waals surface area contributed by atoms with Crippen LogP contribution in [-0.2, 0) is 17.3 Å². The second-order valence-corrected chi connectivity index (χ2v) is 11.3. The van der Waals surface area contributed by atoms with E-state index in [1.165, 1.54) is 23.5 Å². The molecule has 11 heteroatoms. The average Bonchev–Trinajstić information content (AvgIpc) is 3.35. The van der Waals surface area contributed by atoms with Crippen LogP contribution in [0.25, 0.3) is 11.1 Å². The third-order valence-corrected chi connectivity index (χ3v) is 6.65. The number of anilines is 2. The molecule has 42 heavy (non-hydrogen) atoms. The number of rotatable bonds is 8. The number of nitrogens with zero attached hydrogens (tertiary/aromatic N) is 1. The Balaban J connectivity index is 1.33. The van der Waals surface area contributed by atoms with E-state index in [-0.39, 0.29) is 5.91 Å². The first kappa shape index (κ1) is 30.6. The summed E-state index contributed by atoms with van der Waals surface area (Å²) in [4.78, 5) is 29.4. The molecule has 0 bridgehead atoms. The minimum Gasteiger partial charge on any atom is -0.493 e. The minimum absolute atomic E-state index is 0.346. The van der Waals surface area contributed by atoms with Gasteiger partial charge in [0.1, 0.15) is 11.4 Å². The number of hydrogen-bond acceptors (Lipinski definition) is 6. The van der Waals surface area contributed by atoms with Crippen LogP contribution in [-0.4, -0.2) is 29.2 Å². The molecule has 3 aromatic carbocycles. The van der Waals surface area contributed by atoms with E-state index in [4.69, 9.17) is 9.47 Å². The van der Waals surface area contributed by atoms with Gasteiger partial charge in [-0.2, -0.15) is 13.2 Å². The Morgan fingerprint density at radius 1 is 0.929 bits per heavy atom. The number of aryl methyl sites for hydroxylation is 1. The number of ether oxygens (including phenoxy) is 2. The topological polar surface area (TPSA) is 89.6 Å². The van der Waals surface area contributed by atoms with Gasteiger partial charge in [0, 0.05) is 23.1 Å². The van der Waals surface area contributed by atoms with Gasteiger partial charge in [-0.25, -0.2) is 9.78 Å². The van der Waals surface area contributed by atoms with E-state index < -0.39 is 23.4 Å². The second kappa shape index (κ2) is 12.6. The predicted molar refractivity (Wildman–Crippen MR) is 157 cm³/mol. The Bertz CT molecular complexity index is 1540. The Morgan fingerprint density at radius 3 is 2.26 bits per heavy atom. The normalized spacial score (nSPS) is 11.6. The molecular formula is C31H30F3N3O4S. The summed E-state index contributed by atoms with van der Waals surface area (Å²) in [6.07, 6.45) is -4.48. The molecule has 0 fully saturated rings. The molecule has 7 nitrogen and oxygen atoms in total. The summed E-state index contributed by atoms with van der Waals surface area (Å²) in [5.41, 5.74) is 2.16. The summed E-state index contributed by atoms with van der Waals surface area (Å²) in [5.74, 6) is 0.206. The number of halogens is 3. The number of amides is 2. The van der Waals surface area contributed by atoms with E-state index in [0.29, 0.717) is 46.3 Å². The number of carbonyl (C=O) groups excluding carboxylic acids is 2. The highest BCUT2D eigenvalue weighted by Crippen LogP contribution is 2.32. The fourth-order valence-corrected chi connectivity index (χ4v) is 4.64. The molecule has 0 unspecified atom stereocenters. The van der Waals surface area contributed by atoms with Crippen molar-refractivity contribution in [3.8, 4) is 16.9 Å². The minimum atomic E-state index is -4.44. The van der Waals surface area contributed by atoms with Crippen LogP contribution in [0.15, 0.2) is 72.1 Å². The summed E-state index contributed by atoms with van der Waals surface area (Å²) in [6, 6.07) is 16.8. The Labute approximate surface area is 245 Å². The molecule has 1 heterocycles. The first-order valence-electron chi connectivity index (χ1n) is 13.0. The van der Waals surface area contributed by atoms with Crippen molar-refractivity contribution in [1.29, 1.82) is 0 Å². The lowest BCUT2D eigenvalue weighted by atomic mass is 9.96. The van der Waals surface area contributed by atoms with Crippen molar-refractivity contribution >= 4 is 34.2 Å². The van der Waals surface area contributed by atoms with Crippen molar-refractivity contribution in [2.24, 2.45) is 0 Å². The van der Waals surface area contributed by atoms with Gasteiger partial charge < -0.3 is 14.8 Å². The number of carbonyl (C=O) groups is 2. The molecule has 0 saturated heterocycles. The standard InChI is InChI=1S/C31H30F3N3O4S/c1-19-5-14-25(20-6-8-21(9-7-20)31(32,33)34)26(17-19)27(38)35-22-10-12-24(13-11-22)40-16-15-23-18-42-28(36-23)37-29(39)41-30(2,3)4/h5-14,17-18H,15-16H2,1-4H3,(H,35,38)(H,36,37,39). The van der Waals surface area contributed by atoms with Crippen LogP contribution in [0.5, 0.6) is 5.75 Å². The number of aromatic nitrogens is 1. The molecule has 0 aliphatic carbocycles. The van der Waals surface area contributed by atoms with Crippen molar-refractivity contribution in [3.63, 3.8) is 0 Å². The zero-order valence-electron chi connectivity index (χ0n) is 23.5. The third-order valence-electron chi connectivity index (χ3n) is 5.84. The van der Waals surface area contributed by atoms with Gasteiger partial charge >= 0.3 is 12.3 Å². The lowest BCUT2D eigenvalue weighted by Gasteiger charge is -2.18. The molecule has 0 spiro atoms. The Morgan fingerprint density at radius 2 is 1.62 bits per heavy atom. The maximum Gasteiger partial charge on any atom is 0.416 e. The van der Waals surface area contributed by atoms with Crippen LogP contribution in [0.3, 0.4) is 0 Å². The number of alkyl halides is 3. The van der Waals surface area contributed by atoms with Crippen molar-refractivity contribution < 1.29 is 32.2 Å². The Hall–Kier alpha value is -4.38. The van der Waals surface area contributed by atoms with Crippen LogP contribution in [0.4, 0.5) is 28.8 Å². The Kier molecular flexibility index (Phi) is 9.20. The monoisotopic (exact) mass is 597 g/mol. The van der Waals surface area contributed by atoms with E-state index >= 15 is 0 Å². The fraction of sp³-hybridized carbons (Fsp3) is 0.258. The quantitative estimate of drug-likeness (QED) is 0.213. The van der Waals surface area contributed by atoms with Gasteiger partial charge in [0.25, 0.3) is 5.91 Å². The molecule has 1 aromatic heterocycles. The first-order valence-corrected chi connectivity index (χ1v) is 13.9. The molecule has 4 rings (SSSR count). The van der Waals surface area contributed by atoms with Crippen molar-refractivity contribution in [2.75, 3.05) is 17.2 Å². The van der Waals surface area contributed by atoms with Gasteiger partial charge in [0.2, 0.25) is 0 Å². The predicted octanol–water partition coefficient (Wildman–Crippen LogP) is 8.36. The highest BCUT2D eigenvalue weighted by molar-refractivity contribution is 7.13. The smallest absolute Gasteiger partial charge is 0.416 e. The second-order valence-electron chi connectivity index (χ2n) is 10.5. The summed E-state index contributed by atoms with van der Waals surface area (Å²) in [6.45, 7) is 7.53. The molecule has 0 aliphatic heterocycles. The summed E-state index contributed by atoms with van der Waals surface area (Å²) >= 11 is 1.29. The number of hydrogen-bond donors (Lipinski definition) is 2. The number of nitrogens with one attached hydrogen (secondary N) is 2. The summed E-state index contributed by atoms with van der Waals surface area (Å²) in [7, 11) is 0. The number of benzene rings is 3. The van der Waals surface area contributed by atoms with E-state index in [1.54, 1.807) is 63.2 Å². The molecule has 0 aliphatic rings. The van der Waals surface area contributed by atoms with Crippen LogP contribution in [0.2, 0.25) is 0 Å². The molecule has 2 amide bonds. The zero-order chi connectivity index (χ0) is 30.5. The maximum atomic E-state index is 13.2. The number of thiazole rings is 1. The molecule has 0 atom stereocenters. The van der Waals surface area contributed by atoms with Crippen LogP contribution in [0, 0.1) is 6.92 Å². The first-order chi connectivity index (χ1) is 19.8. The SMILES string of the molecule is Cc1ccc(-c2ccc(C(F)(F)F)cc2)c(C(=O)Nc2ccc(OCCc3csc(NC(=O)OC(C)(C)C)n3)cc2)c1. The molecular weight excluding hydrogens is 567 g/mol. The average molecular weight is 598 g/mol. The van der Waals surface area contributed by atoms with Gasteiger partial charge in [-0.15, -0.1) is 11.3 Å². The molecule has 220 valence electrons. The lowest BCUT2D eigenvalue weighted by Crippen LogP contribution is -2.27. The van der Waals surface area contributed by atoms with E-state index in [1.807, 2.05) is 12.3 Å². The summed E-state index contributed by atoms with van der Waals surface area (Å²) in [5, 5.41) is 7.73. The highest BCUT2D eigenvalue weighted by atomic mass is 32.1. The van der Waals surface area contributed by atoms with E-state index in [9.17, 15) is 22.8 Å². The van der Waals surface area contributed by atoms with Gasteiger partial charge in [0.05, 0.1) is 17.9 Å². The molecule has 0 radical (unpaired) electrons.